The summed E-state index contributed by atoms with van der Waals surface area (Å²) in [6.07, 6.45) is 0. The first-order chi connectivity index (χ1) is 6.18. The molecule has 0 saturated carbocycles. The van der Waals surface area contributed by atoms with Crippen LogP contribution in [0, 0.1) is 6.92 Å². The molecule has 0 atom stereocenters. The van der Waals surface area contributed by atoms with Gasteiger partial charge in [0, 0.05) is 13.6 Å². The summed E-state index contributed by atoms with van der Waals surface area (Å²) in [6.45, 7) is 4.07. The number of nitrogens with zero attached hydrogens (tertiary/aromatic N) is 2. The van der Waals surface area contributed by atoms with Crippen molar-refractivity contribution in [3.8, 4) is 0 Å². The van der Waals surface area contributed by atoms with Crippen molar-refractivity contribution in [2.75, 3.05) is 19.8 Å². The lowest BCUT2D eigenvalue weighted by molar-refractivity contribution is -0.0588. The number of ether oxygens (including phenoxy) is 1. The Balaban J connectivity index is 2.37. The van der Waals surface area contributed by atoms with Gasteiger partial charge >= 0.3 is 0 Å². The molecule has 0 amide bonds. The van der Waals surface area contributed by atoms with E-state index in [4.69, 9.17) is 10.5 Å². The largest absolute Gasteiger partial charge is 0.379 e. The summed E-state index contributed by atoms with van der Waals surface area (Å²) in [5, 5.41) is 4.31. The summed E-state index contributed by atoms with van der Waals surface area (Å²) < 4.78 is 7.13. The predicted octanol–water partition coefficient (Wildman–Crippen LogP) is -0.0448. The van der Waals surface area contributed by atoms with Gasteiger partial charge in [0.1, 0.15) is 0 Å². The highest BCUT2D eigenvalue weighted by molar-refractivity contribution is 5.23. The smallest absolute Gasteiger partial charge is 0.0711 e. The first-order valence-electron chi connectivity index (χ1n) is 4.47. The minimum absolute atomic E-state index is 0.0238. The number of hydrogen-bond donors (Lipinski definition) is 1. The van der Waals surface area contributed by atoms with Gasteiger partial charge in [-0.1, -0.05) is 0 Å². The van der Waals surface area contributed by atoms with E-state index in [2.05, 4.69) is 11.2 Å². The third-order valence-electron chi connectivity index (χ3n) is 2.69. The highest BCUT2D eigenvalue weighted by atomic mass is 16.5. The molecule has 1 saturated heterocycles. The fourth-order valence-corrected chi connectivity index (χ4v) is 1.83. The van der Waals surface area contributed by atoms with Crippen LogP contribution in [0.15, 0.2) is 6.07 Å². The van der Waals surface area contributed by atoms with Gasteiger partial charge in [-0.15, -0.1) is 0 Å². The van der Waals surface area contributed by atoms with Crippen molar-refractivity contribution >= 4 is 0 Å². The third-order valence-corrected chi connectivity index (χ3v) is 2.69. The zero-order valence-electron chi connectivity index (χ0n) is 8.08. The molecule has 72 valence electrons. The van der Waals surface area contributed by atoms with Crippen molar-refractivity contribution in [2.45, 2.75) is 12.3 Å². The van der Waals surface area contributed by atoms with Crippen molar-refractivity contribution < 1.29 is 4.74 Å². The Labute approximate surface area is 77.7 Å². The van der Waals surface area contributed by atoms with Gasteiger partial charge in [-0.05, 0) is 13.0 Å². The van der Waals surface area contributed by atoms with Crippen LogP contribution >= 0.6 is 0 Å². The van der Waals surface area contributed by atoms with Crippen LogP contribution in [-0.4, -0.2) is 29.5 Å². The van der Waals surface area contributed by atoms with E-state index in [-0.39, 0.29) is 5.41 Å². The van der Waals surface area contributed by atoms with Crippen LogP contribution in [0.3, 0.4) is 0 Å². The maximum absolute atomic E-state index is 5.76. The average Bonchev–Trinajstić information content (AvgIpc) is 2.30. The molecule has 1 aliphatic heterocycles. The quantitative estimate of drug-likeness (QED) is 0.696. The first kappa shape index (κ1) is 8.72. The summed E-state index contributed by atoms with van der Waals surface area (Å²) >= 11 is 0. The number of hydrogen-bond acceptors (Lipinski definition) is 3. The Kier molecular flexibility index (Phi) is 1.89. The van der Waals surface area contributed by atoms with E-state index in [1.54, 1.807) is 0 Å². The van der Waals surface area contributed by atoms with Gasteiger partial charge in [0.2, 0.25) is 0 Å². The maximum Gasteiger partial charge on any atom is 0.0711 e. The monoisotopic (exact) mass is 181 g/mol. The van der Waals surface area contributed by atoms with Crippen LogP contribution in [0.4, 0.5) is 0 Å². The van der Waals surface area contributed by atoms with E-state index < -0.39 is 0 Å². The van der Waals surface area contributed by atoms with Gasteiger partial charge in [-0.25, -0.2) is 0 Å². The second-order valence-corrected chi connectivity index (χ2v) is 3.77. The fourth-order valence-electron chi connectivity index (χ4n) is 1.83. The van der Waals surface area contributed by atoms with Gasteiger partial charge < -0.3 is 10.5 Å². The standard InChI is InChI=1S/C9H15N3O/c1-7-3-8(12(2)11-7)9(4-10)5-13-6-9/h3H,4-6,10H2,1-2H3. The number of aromatic nitrogens is 2. The van der Waals surface area contributed by atoms with Crippen LogP contribution in [-0.2, 0) is 17.2 Å². The maximum atomic E-state index is 5.76. The minimum atomic E-state index is 0.0238. The number of aryl methyl sites for hydroxylation is 2. The molecule has 2 N–H and O–H groups in total. The van der Waals surface area contributed by atoms with Gasteiger partial charge in [0.15, 0.2) is 0 Å². The molecular weight excluding hydrogens is 166 g/mol. The second-order valence-electron chi connectivity index (χ2n) is 3.77. The van der Waals surface area contributed by atoms with E-state index in [0.717, 1.165) is 18.9 Å². The summed E-state index contributed by atoms with van der Waals surface area (Å²) in [4.78, 5) is 0. The Morgan fingerprint density at radius 2 is 2.38 bits per heavy atom. The van der Waals surface area contributed by atoms with Crippen LogP contribution in [0.2, 0.25) is 0 Å². The van der Waals surface area contributed by atoms with Crippen LogP contribution in [0.25, 0.3) is 0 Å². The fraction of sp³-hybridized carbons (Fsp3) is 0.667. The SMILES string of the molecule is Cc1cc(C2(CN)COC2)n(C)n1. The van der Waals surface area contributed by atoms with E-state index in [0.29, 0.717) is 6.54 Å². The molecule has 4 nitrogen and oxygen atoms in total. The van der Waals surface area contributed by atoms with Gasteiger partial charge in [-0.2, -0.15) is 5.10 Å². The molecule has 1 aliphatic rings. The zero-order chi connectivity index (χ0) is 9.47. The minimum Gasteiger partial charge on any atom is -0.379 e. The number of nitrogens with two attached hydrogens (primary N) is 1. The molecule has 0 unspecified atom stereocenters. The van der Waals surface area contributed by atoms with Crippen molar-refractivity contribution in [2.24, 2.45) is 12.8 Å². The normalized spacial score (nSPS) is 19.9. The second kappa shape index (κ2) is 2.82. The first-order valence-corrected chi connectivity index (χ1v) is 4.47. The third kappa shape index (κ3) is 1.17. The Bertz CT molecular complexity index is 309. The molecule has 1 aromatic rings. The summed E-state index contributed by atoms with van der Waals surface area (Å²) in [6, 6.07) is 2.09. The molecule has 4 heteroatoms. The summed E-state index contributed by atoms with van der Waals surface area (Å²) in [7, 11) is 1.96. The molecule has 13 heavy (non-hydrogen) atoms. The summed E-state index contributed by atoms with van der Waals surface area (Å²) in [5.74, 6) is 0. The topological polar surface area (TPSA) is 53.1 Å². The van der Waals surface area contributed by atoms with E-state index in [9.17, 15) is 0 Å². The van der Waals surface area contributed by atoms with Crippen LogP contribution in [0.5, 0.6) is 0 Å². The molecule has 0 spiro atoms. The molecule has 0 aliphatic carbocycles. The lowest BCUT2D eigenvalue weighted by atomic mass is 9.82. The van der Waals surface area contributed by atoms with E-state index in [1.165, 1.54) is 5.69 Å². The Hall–Kier alpha value is -0.870. The lowest BCUT2D eigenvalue weighted by Crippen LogP contribution is -2.53. The molecule has 2 rings (SSSR count). The predicted molar refractivity (Wildman–Crippen MR) is 49.5 cm³/mol. The van der Waals surface area contributed by atoms with Gasteiger partial charge in [-0.3, -0.25) is 4.68 Å². The average molecular weight is 181 g/mol. The summed E-state index contributed by atoms with van der Waals surface area (Å²) in [5.41, 5.74) is 8.01. The molecular formula is C9H15N3O. The molecule has 0 bridgehead atoms. The highest BCUT2D eigenvalue weighted by Gasteiger charge is 2.41. The lowest BCUT2D eigenvalue weighted by Gasteiger charge is -2.40. The van der Waals surface area contributed by atoms with Crippen molar-refractivity contribution in [1.29, 1.82) is 0 Å². The van der Waals surface area contributed by atoms with Gasteiger partial charge in [0.25, 0.3) is 0 Å². The van der Waals surface area contributed by atoms with Gasteiger partial charge in [0.05, 0.1) is 30.0 Å². The Morgan fingerprint density at radius 1 is 1.69 bits per heavy atom. The molecule has 0 radical (unpaired) electrons. The van der Waals surface area contributed by atoms with Crippen molar-refractivity contribution in [3.63, 3.8) is 0 Å². The Morgan fingerprint density at radius 3 is 2.69 bits per heavy atom. The van der Waals surface area contributed by atoms with Crippen molar-refractivity contribution in [3.05, 3.63) is 17.5 Å². The zero-order valence-corrected chi connectivity index (χ0v) is 8.08. The molecule has 2 heterocycles. The van der Waals surface area contributed by atoms with Crippen molar-refractivity contribution in [1.82, 2.24) is 9.78 Å². The number of rotatable bonds is 2. The molecule has 1 aromatic heterocycles. The highest BCUT2D eigenvalue weighted by Crippen LogP contribution is 2.31. The van der Waals surface area contributed by atoms with E-state index >= 15 is 0 Å². The van der Waals surface area contributed by atoms with Crippen LogP contribution in [0.1, 0.15) is 11.4 Å². The van der Waals surface area contributed by atoms with E-state index in [1.807, 2.05) is 18.7 Å². The molecule has 1 fully saturated rings. The van der Waals surface area contributed by atoms with Crippen LogP contribution < -0.4 is 5.73 Å². The molecule has 0 aromatic carbocycles.